The molecule has 1 heterocycles. The molecule has 0 spiro atoms. The third kappa shape index (κ3) is 10.6. The van der Waals surface area contributed by atoms with E-state index >= 15 is 0 Å². The van der Waals surface area contributed by atoms with Crippen molar-refractivity contribution in [2.24, 2.45) is 4.99 Å². The Morgan fingerprint density at radius 1 is 1.28 bits per heavy atom. The Bertz CT molecular complexity index is 454. The second-order valence-electron chi connectivity index (χ2n) is 5.91. The summed E-state index contributed by atoms with van der Waals surface area (Å²) in [6.45, 7) is 2.68. The van der Waals surface area contributed by atoms with Crippen molar-refractivity contribution >= 4 is 53.0 Å². The van der Waals surface area contributed by atoms with Crippen LogP contribution in [0.3, 0.4) is 0 Å². The predicted molar refractivity (Wildman–Crippen MR) is 120 cm³/mol. The summed E-state index contributed by atoms with van der Waals surface area (Å²) in [5.74, 6) is 1.96. The van der Waals surface area contributed by atoms with Crippen molar-refractivity contribution in [3.05, 3.63) is 11.6 Å². The van der Waals surface area contributed by atoms with Crippen molar-refractivity contribution in [2.45, 2.75) is 55.4 Å². The number of hydrogen-bond acceptors (Lipinski definition) is 5. The first-order valence-electron chi connectivity index (χ1n) is 8.97. The molecule has 0 aliphatic heterocycles. The predicted octanol–water partition coefficient (Wildman–Crippen LogP) is 4.15. The van der Waals surface area contributed by atoms with Gasteiger partial charge in [0.05, 0.1) is 6.10 Å². The molecule has 1 aliphatic carbocycles. The normalized spacial score (nSPS) is 15.6. The number of halogens is 1. The van der Waals surface area contributed by atoms with E-state index in [1.54, 1.807) is 11.3 Å². The summed E-state index contributed by atoms with van der Waals surface area (Å²) in [5, 5.41) is 8.73. The van der Waals surface area contributed by atoms with Crippen LogP contribution in [0.1, 0.15) is 44.9 Å². The molecule has 2 N–H and O–H groups in total. The van der Waals surface area contributed by atoms with Gasteiger partial charge in [0, 0.05) is 44.1 Å². The largest absolute Gasteiger partial charge is 0.378 e. The third-order valence-electron chi connectivity index (χ3n) is 3.99. The van der Waals surface area contributed by atoms with Crippen LogP contribution in [0.15, 0.2) is 20.9 Å². The van der Waals surface area contributed by atoms with Gasteiger partial charge in [0.15, 0.2) is 5.96 Å². The molecule has 1 saturated carbocycles. The summed E-state index contributed by atoms with van der Waals surface area (Å²) in [4.78, 5) is 8.53. The maximum absolute atomic E-state index is 5.94. The number of rotatable bonds is 10. The average molecular weight is 498 g/mol. The molecule has 0 atom stereocenters. The van der Waals surface area contributed by atoms with E-state index in [9.17, 15) is 0 Å². The van der Waals surface area contributed by atoms with E-state index in [0.717, 1.165) is 48.6 Å². The smallest absolute Gasteiger partial charge is 0.190 e. The summed E-state index contributed by atoms with van der Waals surface area (Å²) < 4.78 is 7.09. The van der Waals surface area contributed by atoms with Gasteiger partial charge in [0.1, 0.15) is 4.34 Å². The molecular weight excluding hydrogens is 467 g/mol. The molecule has 0 amide bonds. The first-order valence-corrected chi connectivity index (χ1v) is 10.8. The molecule has 0 unspecified atom stereocenters. The Balaban J connectivity index is 0.00000312. The molecule has 1 fully saturated rings. The minimum absolute atomic E-state index is 0. The molecule has 1 aromatic rings. The van der Waals surface area contributed by atoms with Crippen LogP contribution in [0.4, 0.5) is 0 Å². The summed E-state index contributed by atoms with van der Waals surface area (Å²) >= 11 is 3.52. The van der Waals surface area contributed by atoms with Gasteiger partial charge in [-0.2, -0.15) is 0 Å². The fourth-order valence-electron chi connectivity index (χ4n) is 2.70. The highest BCUT2D eigenvalue weighted by molar-refractivity contribution is 14.0. The minimum Gasteiger partial charge on any atom is -0.378 e. The standard InChI is InChI=1S/C17H30N4OS2.HI/c1-18-16(20-10-6-13-23-17-21-11-14-24-17)19-9-5-12-22-15-7-3-2-4-8-15;/h11,14-15H,2-10,12-13H2,1H3,(H2,18,19,20);1H. The van der Waals surface area contributed by atoms with Crippen LogP contribution in [-0.4, -0.2) is 49.5 Å². The van der Waals surface area contributed by atoms with Crippen LogP contribution in [-0.2, 0) is 4.74 Å². The molecule has 1 aliphatic rings. The number of hydrogen-bond donors (Lipinski definition) is 2. The Morgan fingerprint density at radius 2 is 2.04 bits per heavy atom. The molecule has 2 rings (SSSR count). The molecule has 1 aromatic heterocycles. The van der Waals surface area contributed by atoms with Gasteiger partial charge in [-0.3, -0.25) is 4.99 Å². The van der Waals surface area contributed by atoms with Crippen molar-refractivity contribution in [2.75, 3.05) is 32.5 Å². The Morgan fingerprint density at radius 3 is 2.72 bits per heavy atom. The van der Waals surface area contributed by atoms with Gasteiger partial charge in [-0.05, 0) is 25.7 Å². The van der Waals surface area contributed by atoms with E-state index in [2.05, 4.69) is 20.6 Å². The molecule has 0 aromatic carbocycles. The topological polar surface area (TPSA) is 58.5 Å². The zero-order chi connectivity index (χ0) is 16.9. The number of thioether (sulfide) groups is 1. The quantitative estimate of drug-likeness (QED) is 0.167. The average Bonchev–Trinajstić information content (AvgIpc) is 3.14. The number of nitrogens with one attached hydrogen (secondary N) is 2. The van der Waals surface area contributed by atoms with Crippen LogP contribution in [0, 0.1) is 0 Å². The molecule has 5 nitrogen and oxygen atoms in total. The molecule has 0 radical (unpaired) electrons. The van der Waals surface area contributed by atoms with E-state index in [1.807, 2.05) is 30.4 Å². The summed E-state index contributed by atoms with van der Waals surface area (Å²) in [7, 11) is 1.82. The van der Waals surface area contributed by atoms with Crippen molar-refractivity contribution in [3.8, 4) is 0 Å². The van der Waals surface area contributed by atoms with Crippen LogP contribution in [0.5, 0.6) is 0 Å². The SMILES string of the molecule is CN=C(NCCCOC1CCCCC1)NCCCSc1nccs1.I. The van der Waals surface area contributed by atoms with Crippen LogP contribution >= 0.6 is 47.1 Å². The van der Waals surface area contributed by atoms with Crippen LogP contribution in [0.25, 0.3) is 0 Å². The lowest BCUT2D eigenvalue weighted by Crippen LogP contribution is -2.38. The Labute approximate surface area is 177 Å². The van der Waals surface area contributed by atoms with E-state index < -0.39 is 0 Å². The number of ether oxygens (including phenoxy) is 1. The van der Waals surface area contributed by atoms with Crippen LogP contribution < -0.4 is 10.6 Å². The summed E-state index contributed by atoms with van der Waals surface area (Å²) in [5.41, 5.74) is 0. The van der Waals surface area contributed by atoms with Crippen molar-refractivity contribution in [1.29, 1.82) is 0 Å². The number of guanidine groups is 1. The van der Waals surface area contributed by atoms with E-state index in [4.69, 9.17) is 4.74 Å². The zero-order valence-electron chi connectivity index (χ0n) is 15.0. The molecule has 0 bridgehead atoms. The van der Waals surface area contributed by atoms with E-state index in [0.29, 0.717) is 6.10 Å². The molecule has 8 heteroatoms. The highest BCUT2D eigenvalue weighted by atomic mass is 127. The maximum atomic E-state index is 5.94. The second-order valence-corrected chi connectivity index (χ2v) is 8.15. The highest BCUT2D eigenvalue weighted by Gasteiger charge is 2.12. The van der Waals surface area contributed by atoms with E-state index in [-0.39, 0.29) is 24.0 Å². The van der Waals surface area contributed by atoms with Crippen LogP contribution in [0.2, 0.25) is 0 Å². The highest BCUT2D eigenvalue weighted by Crippen LogP contribution is 2.21. The van der Waals surface area contributed by atoms with Crippen molar-refractivity contribution in [1.82, 2.24) is 15.6 Å². The van der Waals surface area contributed by atoms with Gasteiger partial charge in [-0.15, -0.1) is 35.3 Å². The number of aliphatic imine (C=N–C) groups is 1. The molecule has 144 valence electrons. The summed E-state index contributed by atoms with van der Waals surface area (Å²) in [6, 6.07) is 0. The van der Waals surface area contributed by atoms with Crippen molar-refractivity contribution < 1.29 is 4.74 Å². The van der Waals surface area contributed by atoms with Crippen molar-refractivity contribution in [3.63, 3.8) is 0 Å². The van der Waals surface area contributed by atoms with Gasteiger partial charge in [-0.25, -0.2) is 4.98 Å². The monoisotopic (exact) mass is 498 g/mol. The minimum atomic E-state index is 0. The van der Waals surface area contributed by atoms with Gasteiger partial charge >= 0.3 is 0 Å². The third-order valence-corrected chi connectivity index (χ3v) is 6.04. The number of aromatic nitrogens is 1. The second kappa shape index (κ2) is 15.0. The fraction of sp³-hybridized carbons (Fsp3) is 0.765. The Hall–Kier alpha value is -0.0600. The lowest BCUT2D eigenvalue weighted by atomic mass is 9.98. The van der Waals surface area contributed by atoms with E-state index in [1.165, 1.54) is 32.1 Å². The summed E-state index contributed by atoms with van der Waals surface area (Å²) in [6.07, 6.45) is 11.0. The Kier molecular flexibility index (Phi) is 13.8. The van der Waals surface area contributed by atoms with Gasteiger partial charge in [-0.1, -0.05) is 31.0 Å². The first kappa shape index (κ1) is 23.0. The van der Waals surface area contributed by atoms with Gasteiger partial charge in [0.25, 0.3) is 0 Å². The maximum Gasteiger partial charge on any atom is 0.190 e. The number of thiazole rings is 1. The first-order chi connectivity index (χ1) is 11.9. The van der Waals surface area contributed by atoms with Gasteiger partial charge in [0.2, 0.25) is 0 Å². The molecular formula is C17H31IN4OS2. The lowest BCUT2D eigenvalue weighted by Gasteiger charge is -2.22. The fourth-order valence-corrected chi connectivity index (χ4v) is 4.35. The molecule has 0 saturated heterocycles. The zero-order valence-corrected chi connectivity index (χ0v) is 19.0. The lowest BCUT2D eigenvalue weighted by molar-refractivity contribution is 0.0277. The molecule has 25 heavy (non-hydrogen) atoms. The van der Waals surface area contributed by atoms with Gasteiger partial charge < -0.3 is 15.4 Å². The number of nitrogens with zero attached hydrogens (tertiary/aromatic N) is 2.